The molecule has 0 radical (unpaired) electrons. The van der Waals surface area contributed by atoms with Crippen LogP contribution in [-0.4, -0.2) is 11.0 Å². The zero-order valence-electron chi connectivity index (χ0n) is 16.8. The lowest BCUT2D eigenvalue weighted by molar-refractivity contribution is 0.102. The van der Waals surface area contributed by atoms with Crippen LogP contribution < -0.4 is 16.0 Å². The molecule has 1 unspecified atom stereocenters. The minimum atomic E-state index is -0.583. The molecule has 0 saturated carbocycles. The van der Waals surface area contributed by atoms with Gasteiger partial charge in [-0.25, -0.2) is 4.39 Å². The minimum Gasteiger partial charge on any atom is -0.332 e. The van der Waals surface area contributed by atoms with Crippen LogP contribution in [0, 0.1) is 5.82 Å². The Morgan fingerprint density at radius 2 is 1.62 bits per heavy atom. The number of hydrogen-bond donors (Lipinski definition) is 3. The van der Waals surface area contributed by atoms with Crippen molar-refractivity contribution in [3.05, 3.63) is 99.1 Å². The van der Waals surface area contributed by atoms with Crippen molar-refractivity contribution in [3.63, 3.8) is 0 Å². The van der Waals surface area contributed by atoms with Gasteiger partial charge in [-0.15, -0.1) is 0 Å². The van der Waals surface area contributed by atoms with Crippen molar-refractivity contribution in [2.24, 2.45) is 5.11 Å². The van der Waals surface area contributed by atoms with E-state index in [1.807, 2.05) is 0 Å². The van der Waals surface area contributed by atoms with Crippen LogP contribution in [0.4, 0.5) is 21.5 Å². The second-order valence-corrected chi connectivity index (χ2v) is 7.52. The summed E-state index contributed by atoms with van der Waals surface area (Å²) in [5, 5.41) is 13.1. The van der Waals surface area contributed by atoms with Crippen LogP contribution in [0.15, 0.2) is 71.8 Å². The Balaban J connectivity index is 1.59. The second-order valence-electron chi connectivity index (χ2n) is 6.71. The van der Waals surface area contributed by atoms with Crippen molar-refractivity contribution < 1.29 is 9.18 Å². The van der Waals surface area contributed by atoms with Gasteiger partial charge in [0.15, 0.2) is 5.11 Å². The molecule has 1 atom stereocenters. The normalized spacial score (nSPS) is 11.1. The van der Waals surface area contributed by atoms with Crippen LogP contribution in [0.5, 0.6) is 0 Å². The lowest BCUT2D eigenvalue weighted by Crippen LogP contribution is -2.19. The number of nitrogens with one attached hydrogen (secondary N) is 3. The molecule has 3 aromatic rings. The molecule has 0 saturated heterocycles. The first-order valence-electron chi connectivity index (χ1n) is 9.45. The van der Waals surface area contributed by atoms with Gasteiger partial charge in [-0.3, -0.25) is 4.79 Å². The van der Waals surface area contributed by atoms with E-state index in [9.17, 15) is 9.18 Å². The molecule has 1 amide bonds. The molecular weight excluding hydrogens is 451 g/mol. The van der Waals surface area contributed by atoms with Crippen molar-refractivity contribution in [1.29, 1.82) is 0 Å². The summed E-state index contributed by atoms with van der Waals surface area (Å²) in [6.07, 6.45) is 0. The average Bonchev–Trinajstić information content (AvgIpc) is 2.75. The van der Waals surface area contributed by atoms with E-state index >= 15 is 0 Å². The quantitative estimate of drug-likeness (QED) is 0.158. The smallest absolute Gasteiger partial charge is 0.258 e. The van der Waals surface area contributed by atoms with Gasteiger partial charge in [0.2, 0.25) is 0 Å². The van der Waals surface area contributed by atoms with Gasteiger partial charge in [-0.1, -0.05) is 41.8 Å². The monoisotopic (exact) mass is 468 g/mol. The maximum absolute atomic E-state index is 13.7. The zero-order valence-corrected chi connectivity index (χ0v) is 18.4. The number of hydrogen-bond acceptors (Lipinski definition) is 3. The molecule has 3 N–H and O–H groups in total. The van der Waals surface area contributed by atoms with E-state index in [0.29, 0.717) is 32.8 Å². The molecule has 7 nitrogen and oxygen atoms in total. The molecule has 10 heteroatoms. The lowest BCUT2D eigenvalue weighted by Gasteiger charge is -2.14. The number of rotatable bonds is 6. The number of benzene rings is 3. The third-order valence-electron chi connectivity index (χ3n) is 4.45. The van der Waals surface area contributed by atoms with E-state index in [1.165, 1.54) is 18.2 Å². The first-order chi connectivity index (χ1) is 15.4. The number of anilines is 3. The summed E-state index contributed by atoms with van der Waals surface area (Å²) in [5.74, 6) is -1.11. The predicted molar refractivity (Wildman–Crippen MR) is 130 cm³/mol. The summed E-state index contributed by atoms with van der Waals surface area (Å²) in [4.78, 5) is 15.0. The first-order valence-corrected chi connectivity index (χ1v) is 10.2. The standard InChI is InChI=1S/C22H18ClFN6OS/c1-13(29-30-25)17-11-10-16(12-19(17)23)28-22(32)27-15-8-6-14(7-9-15)26-21(31)18-4-2-3-5-20(18)24/h2-13H,1H3,(H,26,31)(H2,27,28,32). The molecule has 0 fully saturated rings. The lowest BCUT2D eigenvalue weighted by atomic mass is 10.1. The number of carbonyl (C=O) groups is 1. The predicted octanol–water partition coefficient (Wildman–Crippen LogP) is 6.91. The molecule has 0 aliphatic rings. The van der Waals surface area contributed by atoms with Gasteiger partial charge in [-0.05, 0) is 71.8 Å². The highest BCUT2D eigenvalue weighted by atomic mass is 35.5. The molecule has 0 heterocycles. The fourth-order valence-corrected chi connectivity index (χ4v) is 3.43. The summed E-state index contributed by atoms with van der Waals surface area (Å²) in [6, 6.07) is 17.4. The van der Waals surface area contributed by atoms with Crippen molar-refractivity contribution in [2.75, 3.05) is 16.0 Å². The van der Waals surface area contributed by atoms with Crippen LogP contribution in [0.25, 0.3) is 10.4 Å². The Morgan fingerprint density at radius 3 is 2.25 bits per heavy atom. The fourth-order valence-electron chi connectivity index (χ4n) is 2.86. The zero-order chi connectivity index (χ0) is 23.1. The Morgan fingerprint density at radius 1 is 1.03 bits per heavy atom. The van der Waals surface area contributed by atoms with Crippen LogP contribution in [0.3, 0.4) is 0 Å². The summed E-state index contributed by atoms with van der Waals surface area (Å²) in [6.45, 7) is 1.75. The minimum absolute atomic E-state index is 0.0291. The molecule has 0 aromatic heterocycles. The van der Waals surface area contributed by atoms with Gasteiger partial charge in [0.1, 0.15) is 5.82 Å². The summed E-state index contributed by atoms with van der Waals surface area (Å²) >= 11 is 11.6. The van der Waals surface area contributed by atoms with Gasteiger partial charge in [-0.2, -0.15) is 0 Å². The van der Waals surface area contributed by atoms with Crippen molar-refractivity contribution in [1.82, 2.24) is 0 Å². The number of nitrogens with zero attached hydrogens (tertiary/aromatic N) is 3. The second kappa shape index (κ2) is 10.6. The summed E-state index contributed by atoms with van der Waals surface area (Å²) < 4.78 is 13.7. The van der Waals surface area contributed by atoms with E-state index < -0.39 is 11.7 Å². The Kier molecular flexibility index (Phi) is 7.62. The van der Waals surface area contributed by atoms with E-state index in [0.717, 1.165) is 0 Å². The van der Waals surface area contributed by atoms with Crippen molar-refractivity contribution in [3.8, 4) is 0 Å². The molecule has 3 rings (SSSR count). The van der Waals surface area contributed by atoms with E-state index in [1.54, 1.807) is 55.5 Å². The van der Waals surface area contributed by atoms with E-state index in [2.05, 4.69) is 26.0 Å². The third kappa shape index (κ3) is 5.95. The molecule has 0 bridgehead atoms. The maximum Gasteiger partial charge on any atom is 0.258 e. The molecule has 0 aliphatic carbocycles. The van der Waals surface area contributed by atoms with Gasteiger partial charge in [0, 0.05) is 27.0 Å². The largest absolute Gasteiger partial charge is 0.332 e. The molecule has 32 heavy (non-hydrogen) atoms. The molecule has 0 spiro atoms. The SMILES string of the molecule is CC(N=[N+]=[N-])c1ccc(NC(=S)Nc2ccc(NC(=O)c3ccccc3F)cc2)cc1Cl. The topological polar surface area (TPSA) is 102 Å². The van der Waals surface area contributed by atoms with Gasteiger partial charge in [0.25, 0.3) is 5.91 Å². The molecule has 3 aromatic carbocycles. The molecular formula is C22H18ClFN6OS. The third-order valence-corrected chi connectivity index (χ3v) is 4.98. The molecule has 162 valence electrons. The molecule has 0 aliphatic heterocycles. The van der Waals surface area contributed by atoms with Crippen LogP contribution >= 0.6 is 23.8 Å². The Bertz CT molecular complexity index is 1200. The summed E-state index contributed by atoms with van der Waals surface area (Å²) in [7, 11) is 0. The number of azide groups is 1. The van der Waals surface area contributed by atoms with E-state index in [-0.39, 0.29) is 11.6 Å². The van der Waals surface area contributed by atoms with Gasteiger partial charge < -0.3 is 16.0 Å². The number of halogens is 2. The highest BCUT2D eigenvalue weighted by Gasteiger charge is 2.11. The number of thiocarbonyl (C=S) groups is 1. The van der Waals surface area contributed by atoms with Crippen molar-refractivity contribution >= 4 is 51.9 Å². The van der Waals surface area contributed by atoms with Gasteiger partial charge in [0.05, 0.1) is 11.6 Å². The summed E-state index contributed by atoms with van der Waals surface area (Å²) in [5.41, 5.74) is 11.1. The fraction of sp³-hybridized carbons (Fsp3) is 0.0909. The number of carbonyl (C=O) groups excluding carboxylic acids is 1. The highest BCUT2D eigenvalue weighted by molar-refractivity contribution is 7.80. The maximum atomic E-state index is 13.7. The van der Waals surface area contributed by atoms with Gasteiger partial charge >= 0.3 is 0 Å². The Labute approximate surface area is 194 Å². The van der Waals surface area contributed by atoms with Crippen molar-refractivity contribution in [2.45, 2.75) is 13.0 Å². The highest BCUT2D eigenvalue weighted by Crippen LogP contribution is 2.28. The van der Waals surface area contributed by atoms with Crippen LogP contribution in [0.1, 0.15) is 28.9 Å². The average molecular weight is 469 g/mol. The van der Waals surface area contributed by atoms with E-state index in [4.69, 9.17) is 29.3 Å². The number of amides is 1. The van der Waals surface area contributed by atoms with Crippen LogP contribution in [-0.2, 0) is 0 Å². The van der Waals surface area contributed by atoms with Crippen LogP contribution in [0.2, 0.25) is 5.02 Å². The first kappa shape index (κ1) is 23.0. The Hall–Kier alpha value is -3.65.